The lowest BCUT2D eigenvalue weighted by Crippen LogP contribution is -2.68. The molecule has 0 aromatic rings. The third-order valence-electron chi connectivity index (χ3n) is 10.6. The van der Waals surface area contributed by atoms with Crippen LogP contribution in [0.25, 0.3) is 0 Å². The molecule has 4 aliphatic heterocycles. The zero-order chi connectivity index (χ0) is 40.6. The highest BCUT2D eigenvalue weighted by atomic mass is 16.8. The van der Waals surface area contributed by atoms with Crippen LogP contribution in [0.15, 0.2) is 11.6 Å². The summed E-state index contributed by atoms with van der Waals surface area (Å²) in [6, 6.07) is -2.47. The largest absolute Gasteiger partial charge is 0.394 e. The van der Waals surface area contributed by atoms with Gasteiger partial charge >= 0.3 is 0 Å². The lowest BCUT2D eigenvalue weighted by Gasteiger charge is -2.49. The Bertz CT molecular complexity index is 1250. The van der Waals surface area contributed by atoms with Crippen LogP contribution >= 0.6 is 0 Å². The van der Waals surface area contributed by atoms with Crippen molar-refractivity contribution in [3.8, 4) is 0 Å². The van der Waals surface area contributed by atoms with Crippen LogP contribution in [0.4, 0.5) is 0 Å². The summed E-state index contributed by atoms with van der Waals surface area (Å²) in [5.74, 6) is 0. The van der Waals surface area contributed by atoms with Gasteiger partial charge in [-0.05, 0) is 12.5 Å². The van der Waals surface area contributed by atoms with Gasteiger partial charge in [0, 0.05) is 0 Å². The van der Waals surface area contributed by atoms with E-state index in [-0.39, 0.29) is 5.57 Å². The highest BCUT2D eigenvalue weighted by Gasteiger charge is 2.54. The molecule has 0 amide bonds. The number of nitrogens with one attached hydrogen (secondary N) is 1. The minimum atomic E-state index is -1.99. The molecule has 17 N–H and O–H groups in total. The molecule has 5 rings (SSSR count). The van der Waals surface area contributed by atoms with E-state index in [9.17, 15) is 81.7 Å². The number of hydrogen-bond acceptors (Lipinski definition) is 24. The van der Waals surface area contributed by atoms with Gasteiger partial charge in [0.05, 0.1) is 44.6 Å². The Labute approximate surface area is 312 Å². The van der Waals surface area contributed by atoms with Crippen molar-refractivity contribution in [2.24, 2.45) is 0 Å². The molecule has 55 heavy (non-hydrogen) atoms. The number of hydrogen-bond donors (Lipinski definition) is 17. The van der Waals surface area contributed by atoms with E-state index < -0.39 is 174 Å². The van der Waals surface area contributed by atoms with Crippen LogP contribution in [0.1, 0.15) is 6.92 Å². The highest BCUT2D eigenvalue weighted by molar-refractivity contribution is 5.23. The van der Waals surface area contributed by atoms with Gasteiger partial charge in [0.25, 0.3) is 0 Å². The molecular formula is C31H53NO23. The minimum absolute atomic E-state index is 0.0544. The van der Waals surface area contributed by atoms with Gasteiger partial charge in [-0.3, -0.25) is 0 Å². The fourth-order valence-corrected chi connectivity index (χ4v) is 7.29. The molecule has 5 aliphatic rings. The number of rotatable bonds is 12. The summed E-state index contributed by atoms with van der Waals surface area (Å²) in [5, 5.41) is 169. The van der Waals surface area contributed by atoms with E-state index in [0.717, 1.165) is 0 Å². The van der Waals surface area contributed by atoms with Gasteiger partial charge in [-0.2, -0.15) is 0 Å². The third kappa shape index (κ3) is 9.03. The van der Waals surface area contributed by atoms with Gasteiger partial charge in [0.2, 0.25) is 0 Å². The van der Waals surface area contributed by atoms with Crippen molar-refractivity contribution in [2.45, 2.75) is 154 Å². The quantitative estimate of drug-likeness (QED) is 0.0814. The standard InChI is InChI=1S/C31H53NO23/c1-7-13(32-9-2-8(3-33)25(18(41)14(9)37)53-30-23(46)17(40)15(38)10(4-34)51-30)16(39)22(45)29(49-7)54-27-12(6-36)52-31(24(47)20(27)43)55-26-11(5-35)50-28(48)21(44)19(26)42/h2,7,9-48H,3-6H2,1H3/t7-,9-,10-,11+,12+,13-,14+,15-,16+,17+,18-,19+,20+,21+,22-,23-,24+,25-,26+,27+,28+,29+,30+,31-/m0/s1. The average molecular weight is 808 g/mol. The topological polar surface area (TPSA) is 400 Å². The van der Waals surface area contributed by atoms with Crippen molar-refractivity contribution in [3.05, 3.63) is 11.6 Å². The lowest BCUT2D eigenvalue weighted by atomic mass is 9.86. The maximum absolute atomic E-state index is 11.2. The Morgan fingerprint density at radius 1 is 0.509 bits per heavy atom. The molecule has 0 saturated carbocycles. The summed E-state index contributed by atoms with van der Waals surface area (Å²) in [5.41, 5.74) is -0.0544. The smallest absolute Gasteiger partial charge is 0.187 e. The predicted octanol–water partition coefficient (Wildman–Crippen LogP) is -10.7. The van der Waals surface area contributed by atoms with Crippen molar-refractivity contribution < 1.29 is 115 Å². The second-order valence-corrected chi connectivity index (χ2v) is 14.2. The second kappa shape index (κ2) is 18.8. The molecule has 0 spiro atoms. The van der Waals surface area contributed by atoms with Crippen LogP contribution in [0.5, 0.6) is 0 Å². The molecule has 0 aromatic heterocycles. The van der Waals surface area contributed by atoms with Gasteiger partial charge in [0.1, 0.15) is 104 Å². The zero-order valence-electron chi connectivity index (χ0n) is 29.3. The van der Waals surface area contributed by atoms with Crippen LogP contribution in [0.3, 0.4) is 0 Å². The Kier molecular flexibility index (Phi) is 15.3. The minimum Gasteiger partial charge on any atom is -0.394 e. The summed E-state index contributed by atoms with van der Waals surface area (Å²) in [4.78, 5) is 0. The van der Waals surface area contributed by atoms with Crippen LogP contribution in [-0.4, -0.2) is 255 Å². The molecule has 24 atom stereocenters. The Hall–Kier alpha value is -1.22. The maximum atomic E-state index is 11.2. The van der Waals surface area contributed by atoms with E-state index in [4.69, 9.17) is 33.2 Å². The summed E-state index contributed by atoms with van der Waals surface area (Å²) in [6.45, 7) is -1.79. The van der Waals surface area contributed by atoms with E-state index >= 15 is 0 Å². The third-order valence-corrected chi connectivity index (χ3v) is 10.6. The van der Waals surface area contributed by atoms with Crippen LogP contribution in [0.2, 0.25) is 0 Å². The predicted molar refractivity (Wildman–Crippen MR) is 170 cm³/mol. The number of aliphatic hydroxyl groups is 16. The van der Waals surface area contributed by atoms with Crippen LogP contribution in [0, 0.1) is 0 Å². The van der Waals surface area contributed by atoms with E-state index in [1.165, 1.54) is 13.0 Å². The first-order valence-electron chi connectivity index (χ1n) is 17.6. The lowest BCUT2D eigenvalue weighted by molar-refractivity contribution is -0.373. The summed E-state index contributed by atoms with van der Waals surface area (Å²) >= 11 is 0. The molecule has 0 unspecified atom stereocenters. The molecule has 24 heteroatoms. The van der Waals surface area contributed by atoms with Crippen molar-refractivity contribution in [2.75, 3.05) is 26.4 Å². The molecular weight excluding hydrogens is 754 g/mol. The van der Waals surface area contributed by atoms with E-state index in [2.05, 4.69) is 5.32 Å². The van der Waals surface area contributed by atoms with Crippen molar-refractivity contribution in [1.82, 2.24) is 5.32 Å². The van der Waals surface area contributed by atoms with Crippen LogP contribution in [-0.2, 0) is 33.2 Å². The monoisotopic (exact) mass is 807 g/mol. The Morgan fingerprint density at radius 3 is 1.58 bits per heavy atom. The normalized spacial score (nSPS) is 52.5. The molecule has 0 aromatic carbocycles. The Morgan fingerprint density at radius 2 is 1.00 bits per heavy atom. The summed E-state index contributed by atoms with van der Waals surface area (Å²) in [7, 11) is 0. The van der Waals surface area contributed by atoms with Gasteiger partial charge in [-0.25, -0.2) is 0 Å². The van der Waals surface area contributed by atoms with E-state index in [1.807, 2.05) is 0 Å². The van der Waals surface area contributed by atoms with Crippen molar-refractivity contribution >= 4 is 0 Å². The first-order valence-corrected chi connectivity index (χ1v) is 17.6. The van der Waals surface area contributed by atoms with Crippen molar-refractivity contribution in [1.29, 1.82) is 0 Å². The molecule has 4 fully saturated rings. The summed E-state index contributed by atoms with van der Waals surface area (Å²) in [6.07, 6.45) is -36.3. The van der Waals surface area contributed by atoms with Gasteiger partial charge in [0.15, 0.2) is 25.2 Å². The maximum Gasteiger partial charge on any atom is 0.187 e. The van der Waals surface area contributed by atoms with Crippen LogP contribution < -0.4 is 5.32 Å². The molecule has 0 radical (unpaired) electrons. The van der Waals surface area contributed by atoms with Crippen molar-refractivity contribution in [3.63, 3.8) is 0 Å². The molecule has 0 bridgehead atoms. The average Bonchev–Trinajstić information content (AvgIpc) is 3.17. The Balaban J connectivity index is 1.23. The SMILES string of the molecule is C[C@@H]1O[C@H](O[C@H]2[C@H](O)[C@@H](O)[C@H](O[C@H]3[C@H](O)[C@@H](O)[C@H](O)O[C@@H]3CO)O[C@@H]2CO)[C@@H](O)[C@H](O)[C@H]1N[C@H]1C=C(CO)[C@H](O[C@H]2O[C@@H](CO)[C@H](O)[C@@H](O)[C@@H]2O)[C@@H](O)[C@@H]1O. The van der Waals surface area contributed by atoms with E-state index in [1.54, 1.807) is 0 Å². The highest BCUT2D eigenvalue weighted by Crippen LogP contribution is 2.34. The van der Waals surface area contributed by atoms with Gasteiger partial charge < -0.3 is 120 Å². The molecule has 1 aliphatic carbocycles. The van der Waals surface area contributed by atoms with Gasteiger partial charge in [-0.1, -0.05) is 6.08 Å². The first-order chi connectivity index (χ1) is 26.0. The molecule has 320 valence electrons. The fraction of sp³-hybridized carbons (Fsp3) is 0.935. The molecule has 4 saturated heterocycles. The fourth-order valence-electron chi connectivity index (χ4n) is 7.29. The molecule has 4 heterocycles. The summed E-state index contributed by atoms with van der Waals surface area (Å²) < 4.78 is 38.5. The second-order valence-electron chi connectivity index (χ2n) is 14.2. The first kappa shape index (κ1) is 44.9. The van der Waals surface area contributed by atoms with E-state index in [0.29, 0.717) is 0 Å². The number of aliphatic hydroxyl groups excluding tert-OH is 16. The van der Waals surface area contributed by atoms with Gasteiger partial charge in [-0.15, -0.1) is 0 Å². The zero-order valence-corrected chi connectivity index (χ0v) is 29.3. The number of ether oxygens (including phenoxy) is 7. The molecule has 24 nitrogen and oxygen atoms in total.